The van der Waals surface area contributed by atoms with Crippen LogP contribution in [-0.2, 0) is 14.8 Å². The van der Waals surface area contributed by atoms with E-state index < -0.39 is 22.0 Å². The van der Waals surface area contributed by atoms with E-state index >= 15 is 0 Å². The number of halogens is 1. The maximum absolute atomic E-state index is 12.1. The maximum atomic E-state index is 12.1. The second kappa shape index (κ2) is 7.45. The fraction of sp³-hybridized carbons (Fsp3) is 0.200. The molecular weight excluding hydrogens is 418 g/mol. The second-order valence-corrected chi connectivity index (χ2v) is 9.24. The van der Waals surface area contributed by atoms with Crippen LogP contribution in [0.15, 0.2) is 44.4 Å². The molecule has 128 valence electrons. The van der Waals surface area contributed by atoms with Crippen LogP contribution in [-0.4, -0.2) is 26.2 Å². The Labute approximate surface area is 152 Å². The number of thiophene rings is 1. The van der Waals surface area contributed by atoms with E-state index in [2.05, 4.69) is 15.9 Å². The van der Waals surface area contributed by atoms with E-state index in [1.807, 2.05) is 4.72 Å². The van der Waals surface area contributed by atoms with Gasteiger partial charge in [-0.15, -0.1) is 11.3 Å². The van der Waals surface area contributed by atoms with Crippen molar-refractivity contribution in [3.8, 4) is 5.75 Å². The number of ether oxygens (including phenoxy) is 1. The number of nitrogens with one attached hydrogen (secondary N) is 1. The molecule has 1 heterocycles. The Bertz CT molecular complexity index is 875. The van der Waals surface area contributed by atoms with Crippen molar-refractivity contribution in [2.45, 2.75) is 24.2 Å². The van der Waals surface area contributed by atoms with Gasteiger partial charge in [0.2, 0.25) is 0 Å². The Hall–Kier alpha value is -1.71. The summed E-state index contributed by atoms with van der Waals surface area (Å²) < 4.78 is 32.3. The number of benzene rings is 1. The fourth-order valence-electron chi connectivity index (χ4n) is 1.75. The van der Waals surface area contributed by atoms with E-state index in [4.69, 9.17) is 4.74 Å². The summed E-state index contributed by atoms with van der Waals surface area (Å²) in [5.41, 5.74) is 0.441. The zero-order valence-electron chi connectivity index (χ0n) is 12.8. The summed E-state index contributed by atoms with van der Waals surface area (Å²) >= 11 is 4.16. The van der Waals surface area contributed by atoms with E-state index in [1.165, 1.54) is 26.0 Å². The van der Waals surface area contributed by atoms with E-state index in [1.54, 1.807) is 24.3 Å². The number of amides is 1. The minimum absolute atomic E-state index is 0.0218. The first-order valence-corrected chi connectivity index (χ1v) is 9.88. The molecule has 2 rings (SSSR count). The normalized spacial score (nSPS) is 12.5. The molecule has 0 unspecified atom stereocenters. The minimum atomic E-state index is -3.94. The van der Waals surface area contributed by atoms with Crippen molar-refractivity contribution in [3.63, 3.8) is 0 Å². The van der Waals surface area contributed by atoms with Gasteiger partial charge in [0.05, 0.1) is 3.79 Å². The minimum Gasteiger partial charge on any atom is -0.481 e. The highest BCUT2D eigenvalue weighted by molar-refractivity contribution is 9.11. The molecule has 0 spiro atoms. The number of hydrogen-bond donors (Lipinski definition) is 1. The maximum Gasteiger partial charge on any atom is 0.274 e. The Morgan fingerprint density at radius 1 is 1.25 bits per heavy atom. The number of Topliss-reactive ketones (excluding diaryl/α,β-unsaturated/α-hetero) is 1. The molecule has 0 bridgehead atoms. The van der Waals surface area contributed by atoms with E-state index in [0.717, 1.165) is 11.3 Å². The third kappa shape index (κ3) is 4.65. The highest BCUT2D eigenvalue weighted by Crippen LogP contribution is 2.26. The van der Waals surface area contributed by atoms with Crippen molar-refractivity contribution in [2.75, 3.05) is 0 Å². The van der Waals surface area contributed by atoms with Crippen molar-refractivity contribution >= 4 is 49.0 Å². The lowest BCUT2D eigenvalue weighted by molar-refractivity contribution is -0.125. The van der Waals surface area contributed by atoms with Gasteiger partial charge >= 0.3 is 0 Å². The summed E-state index contributed by atoms with van der Waals surface area (Å²) in [4.78, 5) is 23.4. The van der Waals surface area contributed by atoms with Gasteiger partial charge in [-0.3, -0.25) is 9.59 Å². The smallest absolute Gasteiger partial charge is 0.274 e. The lowest BCUT2D eigenvalue weighted by Crippen LogP contribution is -2.39. The molecule has 0 fully saturated rings. The van der Waals surface area contributed by atoms with Crippen LogP contribution in [0.1, 0.15) is 24.2 Å². The summed E-state index contributed by atoms with van der Waals surface area (Å²) in [6.07, 6.45) is -1.05. The number of carbonyl (C=O) groups is 2. The molecule has 1 aromatic carbocycles. The largest absolute Gasteiger partial charge is 0.481 e. The average molecular weight is 432 g/mol. The van der Waals surface area contributed by atoms with Crippen molar-refractivity contribution in [1.82, 2.24) is 4.72 Å². The van der Waals surface area contributed by atoms with Crippen LogP contribution in [0.4, 0.5) is 0 Å². The predicted octanol–water partition coefficient (Wildman–Crippen LogP) is 2.99. The van der Waals surface area contributed by atoms with Gasteiger partial charge in [-0.05, 0) is 54.0 Å². The van der Waals surface area contributed by atoms with Gasteiger partial charge < -0.3 is 4.74 Å². The molecule has 1 aromatic heterocycles. The standard InChI is InChI=1S/C15H14BrNO5S2/c1-9(18)11-4-3-5-12(8-11)22-10(2)15(19)17-24(20,21)14-7-6-13(16)23-14/h3-8,10H,1-2H3,(H,17,19)/t10-/m1/s1. The number of carbonyl (C=O) groups excluding carboxylic acids is 2. The molecule has 1 N–H and O–H groups in total. The molecule has 9 heteroatoms. The van der Waals surface area contributed by atoms with Gasteiger partial charge in [0.25, 0.3) is 15.9 Å². The molecule has 0 aliphatic heterocycles. The van der Waals surface area contributed by atoms with Crippen molar-refractivity contribution in [1.29, 1.82) is 0 Å². The lowest BCUT2D eigenvalue weighted by Gasteiger charge is -2.14. The van der Waals surface area contributed by atoms with Gasteiger partial charge in [-0.2, -0.15) is 0 Å². The van der Waals surface area contributed by atoms with Crippen molar-refractivity contribution in [2.24, 2.45) is 0 Å². The van der Waals surface area contributed by atoms with Crippen molar-refractivity contribution < 1.29 is 22.7 Å². The quantitative estimate of drug-likeness (QED) is 0.709. The third-order valence-electron chi connectivity index (χ3n) is 2.97. The summed E-state index contributed by atoms with van der Waals surface area (Å²) in [6.45, 7) is 2.84. The van der Waals surface area contributed by atoms with Crippen LogP contribution in [0, 0.1) is 0 Å². The monoisotopic (exact) mass is 431 g/mol. The SMILES string of the molecule is CC(=O)c1cccc(O[C@H](C)C(=O)NS(=O)(=O)c2ccc(Br)s2)c1. The van der Waals surface area contributed by atoms with Gasteiger partial charge in [0.15, 0.2) is 11.9 Å². The number of ketones is 1. The first-order chi connectivity index (χ1) is 11.2. The molecule has 1 amide bonds. The average Bonchev–Trinajstić information content (AvgIpc) is 2.94. The second-order valence-electron chi connectivity index (χ2n) is 4.87. The molecule has 0 aliphatic rings. The van der Waals surface area contributed by atoms with Gasteiger partial charge in [0, 0.05) is 5.56 Å². The molecule has 0 saturated heterocycles. The molecule has 6 nitrogen and oxygen atoms in total. The zero-order chi connectivity index (χ0) is 17.9. The van der Waals surface area contributed by atoms with E-state index in [0.29, 0.717) is 15.1 Å². The summed E-state index contributed by atoms with van der Waals surface area (Å²) in [6, 6.07) is 9.30. The molecule has 0 aliphatic carbocycles. The van der Waals surface area contributed by atoms with Crippen molar-refractivity contribution in [3.05, 3.63) is 45.7 Å². The topological polar surface area (TPSA) is 89.5 Å². The zero-order valence-corrected chi connectivity index (χ0v) is 16.0. The summed E-state index contributed by atoms with van der Waals surface area (Å²) in [7, 11) is -3.94. The van der Waals surface area contributed by atoms with E-state index in [-0.39, 0.29) is 9.99 Å². The fourth-order valence-corrected chi connectivity index (χ4v) is 4.81. The number of hydrogen-bond acceptors (Lipinski definition) is 6. The van der Waals surface area contributed by atoms with Crippen LogP contribution < -0.4 is 9.46 Å². The Kier molecular flexibility index (Phi) is 5.79. The number of rotatable bonds is 6. The van der Waals surface area contributed by atoms with Crippen LogP contribution >= 0.6 is 27.3 Å². The Morgan fingerprint density at radius 3 is 2.54 bits per heavy atom. The van der Waals surface area contributed by atoms with Crippen LogP contribution in [0.5, 0.6) is 5.75 Å². The molecule has 0 saturated carbocycles. The first kappa shape index (κ1) is 18.6. The molecule has 24 heavy (non-hydrogen) atoms. The molecule has 1 atom stereocenters. The highest BCUT2D eigenvalue weighted by atomic mass is 79.9. The predicted molar refractivity (Wildman–Crippen MR) is 93.9 cm³/mol. The van der Waals surface area contributed by atoms with E-state index in [9.17, 15) is 18.0 Å². The summed E-state index contributed by atoms with van der Waals surface area (Å²) in [5, 5.41) is 0. The molecule has 0 radical (unpaired) electrons. The Balaban J connectivity index is 2.07. The van der Waals surface area contributed by atoms with Crippen LogP contribution in [0.3, 0.4) is 0 Å². The lowest BCUT2D eigenvalue weighted by atomic mass is 10.1. The van der Waals surface area contributed by atoms with Crippen LogP contribution in [0.25, 0.3) is 0 Å². The molecular formula is C15H14BrNO5S2. The van der Waals surface area contributed by atoms with Gasteiger partial charge in [-0.25, -0.2) is 13.1 Å². The number of sulfonamides is 1. The van der Waals surface area contributed by atoms with Crippen LogP contribution in [0.2, 0.25) is 0 Å². The molecule has 2 aromatic rings. The highest BCUT2D eigenvalue weighted by Gasteiger charge is 2.24. The van der Waals surface area contributed by atoms with Gasteiger partial charge in [0.1, 0.15) is 9.96 Å². The third-order valence-corrected chi connectivity index (χ3v) is 6.43. The Morgan fingerprint density at radius 2 is 1.96 bits per heavy atom. The summed E-state index contributed by atoms with van der Waals surface area (Å²) in [5.74, 6) is -0.627. The first-order valence-electron chi connectivity index (χ1n) is 6.78. The van der Waals surface area contributed by atoms with Gasteiger partial charge in [-0.1, -0.05) is 12.1 Å².